The summed E-state index contributed by atoms with van der Waals surface area (Å²) in [6.45, 7) is 5.49. The number of nitrogens with one attached hydrogen (secondary N) is 1. The summed E-state index contributed by atoms with van der Waals surface area (Å²) in [7, 11) is 0. The van der Waals surface area contributed by atoms with Gasteiger partial charge in [-0.25, -0.2) is 0 Å². The van der Waals surface area contributed by atoms with Crippen molar-refractivity contribution in [1.29, 1.82) is 5.41 Å². The van der Waals surface area contributed by atoms with Crippen molar-refractivity contribution in [2.24, 2.45) is 5.73 Å². The molecule has 0 aliphatic carbocycles. The second kappa shape index (κ2) is 4.53. The zero-order valence-corrected chi connectivity index (χ0v) is 9.49. The fourth-order valence-corrected chi connectivity index (χ4v) is 1.98. The Labute approximate surface area is 95.5 Å². The van der Waals surface area contributed by atoms with Gasteiger partial charge in [0.15, 0.2) is 0 Å². The first-order chi connectivity index (χ1) is 7.68. The van der Waals surface area contributed by atoms with Crippen molar-refractivity contribution in [2.45, 2.75) is 6.92 Å². The molecule has 0 radical (unpaired) electrons. The fraction of sp³-hybridized carbons (Fsp3) is 0.417. The number of benzene rings is 1. The van der Waals surface area contributed by atoms with E-state index < -0.39 is 0 Å². The molecule has 86 valence electrons. The van der Waals surface area contributed by atoms with E-state index in [2.05, 4.69) is 11.8 Å². The van der Waals surface area contributed by atoms with Crippen LogP contribution in [0.15, 0.2) is 18.2 Å². The molecule has 0 amide bonds. The summed E-state index contributed by atoms with van der Waals surface area (Å²) in [5.41, 5.74) is 8.63. The summed E-state index contributed by atoms with van der Waals surface area (Å²) in [6, 6.07) is 5.91. The molecule has 1 heterocycles. The number of nitrogens with two attached hydrogens (primary N) is 1. The summed E-state index contributed by atoms with van der Waals surface area (Å²) in [5, 5.41) is 7.39. The van der Waals surface area contributed by atoms with Gasteiger partial charge >= 0.3 is 0 Å². The molecule has 3 N–H and O–H groups in total. The molecule has 1 aliphatic heterocycles. The number of aryl methyl sites for hydroxylation is 1. The topological polar surface area (TPSA) is 62.3 Å². The first-order valence-electron chi connectivity index (χ1n) is 5.46. The fourth-order valence-electron chi connectivity index (χ4n) is 1.98. The standard InChI is InChI=1S/C12H17N3O/c1-9-8-10(12(13)14)2-3-11(9)15-4-6-16-7-5-15/h2-3,8H,4-7H2,1H3,(H3,13,14). The second-order valence-corrected chi connectivity index (χ2v) is 4.01. The summed E-state index contributed by atoms with van der Waals surface area (Å²) < 4.78 is 5.33. The van der Waals surface area contributed by atoms with Gasteiger partial charge in [-0.15, -0.1) is 0 Å². The molecule has 0 aromatic heterocycles. The number of hydrogen-bond donors (Lipinski definition) is 2. The predicted octanol–water partition coefficient (Wildman–Crippen LogP) is 1.12. The maximum absolute atomic E-state index is 7.39. The van der Waals surface area contributed by atoms with E-state index in [0.717, 1.165) is 37.4 Å². The van der Waals surface area contributed by atoms with Crippen molar-refractivity contribution < 1.29 is 4.74 Å². The van der Waals surface area contributed by atoms with Crippen molar-refractivity contribution in [2.75, 3.05) is 31.2 Å². The molecule has 2 rings (SSSR count). The van der Waals surface area contributed by atoms with E-state index in [1.165, 1.54) is 5.69 Å². The lowest BCUT2D eigenvalue weighted by atomic mass is 10.1. The molecule has 1 fully saturated rings. The largest absolute Gasteiger partial charge is 0.384 e. The molecule has 1 aromatic rings. The lowest BCUT2D eigenvalue weighted by Crippen LogP contribution is -2.36. The number of nitrogens with zero attached hydrogens (tertiary/aromatic N) is 1. The third-order valence-electron chi connectivity index (χ3n) is 2.86. The average Bonchev–Trinajstić information content (AvgIpc) is 2.30. The third-order valence-corrected chi connectivity index (χ3v) is 2.86. The van der Waals surface area contributed by atoms with Gasteiger partial charge in [-0.05, 0) is 30.7 Å². The molecule has 0 atom stereocenters. The van der Waals surface area contributed by atoms with Crippen molar-refractivity contribution in [3.8, 4) is 0 Å². The van der Waals surface area contributed by atoms with Crippen LogP contribution in [0.4, 0.5) is 5.69 Å². The van der Waals surface area contributed by atoms with Crippen LogP contribution in [0.25, 0.3) is 0 Å². The van der Waals surface area contributed by atoms with E-state index >= 15 is 0 Å². The minimum Gasteiger partial charge on any atom is -0.384 e. The smallest absolute Gasteiger partial charge is 0.122 e. The molecule has 0 spiro atoms. The predicted molar refractivity (Wildman–Crippen MR) is 65.2 cm³/mol. The summed E-state index contributed by atoms with van der Waals surface area (Å²) in [6.07, 6.45) is 0. The number of amidine groups is 1. The van der Waals surface area contributed by atoms with Crippen molar-refractivity contribution in [3.05, 3.63) is 29.3 Å². The second-order valence-electron chi connectivity index (χ2n) is 4.01. The quantitative estimate of drug-likeness (QED) is 0.578. The third kappa shape index (κ3) is 2.17. The SMILES string of the molecule is Cc1cc(C(=N)N)ccc1N1CCOCC1. The van der Waals surface area contributed by atoms with Gasteiger partial charge in [-0.1, -0.05) is 0 Å². The van der Waals surface area contributed by atoms with Gasteiger partial charge in [0.05, 0.1) is 13.2 Å². The van der Waals surface area contributed by atoms with Crippen molar-refractivity contribution >= 4 is 11.5 Å². The Morgan fingerprint density at radius 2 is 2.06 bits per heavy atom. The molecule has 0 unspecified atom stereocenters. The van der Waals surface area contributed by atoms with E-state index in [9.17, 15) is 0 Å². The maximum atomic E-state index is 7.39. The number of ether oxygens (including phenoxy) is 1. The first-order valence-corrected chi connectivity index (χ1v) is 5.46. The van der Waals surface area contributed by atoms with Gasteiger partial charge in [-0.2, -0.15) is 0 Å². The maximum Gasteiger partial charge on any atom is 0.122 e. The van der Waals surface area contributed by atoms with Crippen LogP contribution in [0.5, 0.6) is 0 Å². The van der Waals surface area contributed by atoms with Crippen LogP contribution in [-0.2, 0) is 4.74 Å². The molecule has 4 heteroatoms. The molecule has 0 saturated carbocycles. The number of anilines is 1. The highest BCUT2D eigenvalue weighted by atomic mass is 16.5. The van der Waals surface area contributed by atoms with E-state index in [-0.39, 0.29) is 5.84 Å². The van der Waals surface area contributed by atoms with Gasteiger partial charge in [0.2, 0.25) is 0 Å². The zero-order chi connectivity index (χ0) is 11.5. The van der Waals surface area contributed by atoms with Crippen LogP contribution >= 0.6 is 0 Å². The molecular formula is C12H17N3O. The molecule has 1 aliphatic rings. The van der Waals surface area contributed by atoms with Crippen LogP contribution in [0, 0.1) is 12.3 Å². The number of nitrogen functional groups attached to an aromatic ring is 1. The molecular weight excluding hydrogens is 202 g/mol. The lowest BCUT2D eigenvalue weighted by Gasteiger charge is -2.30. The molecule has 0 bridgehead atoms. The van der Waals surface area contributed by atoms with E-state index in [1.54, 1.807) is 0 Å². The highest BCUT2D eigenvalue weighted by molar-refractivity contribution is 5.95. The summed E-state index contributed by atoms with van der Waals surface area (Å²) in [4.78, 5) is 2.31. The highest BCUT2D eigenvalue weighted by Gasteiger charge is 2.13. The lowest BCUT2D eigenvalue weighted by molar-refractivity contribution is 0.122. The minimum atomic E-state index is 0.122. The molecule has 4 nitrogen and oxygen atoms in total. The molecule has 1 aromatic carbocycles. The Bertz CT molecular complexity index is 397. The average molecular weight is 219 g/mol. The Morgan fingerprint density at radius 1 is 1.38 bits per heavy atom. The number of rotatable bonds is 2. The summed E-state index contributed by atoms with van der Waals surface area (Å²) >= 11 is 0. The Morgan fingerprint density at radius 3 is 2.62 bits per heavy atom. The van der Waals surface area contributed by atoms with Crippen LogP contribution in [0.2, 0.25) is 0 Å². The normalized spacial score (nSPS) is 16.2. The molecule has 16 heavy (non-hydrogen) atoms. The zero-order valence-electron chi connectivity index (χ0n) is 9.49. The Kier molecular flexibility index (Phi) is 3.10. The van der Waals surface area contributed by atoms with Gasteiger partial charge < -0.3 is 15.4 Å². The first kappa shape index (κ1) is 11.0. The van der Waals surface area contributed by atoms with Crippen LogP contribution in [0.1, 0.15) is 11.1 Å². The monoisotopic (exact) mass is 219 g/mol. The highest BCUT2D eigenvalue weighted by Crippen LogP contribution is 2.22. The van der Waals surface area contributed by atoms with E-state index in [1.807, 2.05) is 18.2 Å². The van der Waals surface area contributed by atoms with E-state index in [0.29, 0.717) is 0 Å². The molecule has 1 saturated heterocycles. The van der Waals surface area contributed by atoms with E-state index in [4.69, 9.17) is 15.9 Å². The number of hydrogen-bond acceptors (Lipinski definition) is 3. The minimum absolute atomic E-state index is 0.122. The Balaban J connectivity index is 2.24. The van der Waals surface area contributed by atoms with Crippen LogP contribution < -0.4 is 10.6 Å². The van der Waals surface area contributed by atoms with Gasteiger partial charge in [0.25, 0.3) is 0 Å². The van der Waals surface area contributed by atoms with Crippen molar-refractivity contribution in [3.63, 3.8) is 0 Å². The van der Waals surface area contributed by atoms with Gasteiger partial charge in [-0.3, -0.25) is 5.41 Å². The summed E-state index contributed by atoms with van der Waals surface area (Å²) in [5.74, 6) is 0.122. The van der Waals surface area contributed by atoms with Gasteiger partial charge in [0.1, 0.15) is 5.84 Å². The van der Waals surface area contributed by atoms with Crippen LogP contribution in [-0.4, -0.2) is 32.1 Å². The van der Waals surface area contributed by atoms with Crippen LogP contribution in [0.3, 0.4) is 0 Å². The van der Waals surface area contributed by atoms with Crippen molar-refractivity contribution in [1.82, 2.24) is 0 Å². The van der Waals surface area contributed by atoms with Gasteiger partial charge in [0, 0.05) is 24.3 Å². The number of morpholine rings is 1. The Hall–Kier alpha value is -1.55.